The Bertz CT molecular complexity index is 746. The first-order valence-corrected chi connectivity index (χ1v) is 6.83. The molecule has 3 nitrogen and oxygen atoms in total. The number of aliphatic imine (C=N–C) groups is 1. The van der Waals surface area contributed by atoms with Gasteiger partial charge in [0.25, 0.3) is 0 Å². The zero-order valence-electron chi connectivity index (χ0n) is 11.4. The summed E-state index contributed by atoms with van der Waals surface area (Å²) < 4.78 is 0. The summed E-state index contributed by atoms with van der Waals surface area (Å²) in [4.78, 5) is 4.57. The van der Waals surface area contributed by atoms with Crippen molar-refractivity contribution in [2.45, 2.75) is 18.4 Å². The van der Waals surface area contributed by atoms with Crippen LogP contribution < -0.4 is 0 Å². The van der Waals surface area contributed by atoms with Crippen LogP contribution in [0.1, 0.15) is 29.0 Å². The highest BCUT2D eigenvalue weighted by molar-refractivity contribution is 6.02. The highest BCUT2D eigenvalue weighted by Crippen LogP contribution is 2.33. The third-order valence-electron chi connectivity index (χ3n) is 3.80. The fraction of sp³-hybridized carbons (Fsp3) is 0.167. The molecule has 2 aromatic rings. The van der Waals surface area contributed by atoms with Crippen LogP contribution in [0.3, 0.4) is 0 Å². The van der Waals surface area contributed by atoms with Gasteiger partial charge >= 0.3 is 0 Å². The fourth-order valence-corrected chi connectivity index (χ4v) is 2.68. The van der Waals surface area contributed by atoms with E-state index in [4.69, 9.17) is 5.26 Å². The molecule has 3 rings (SSSR count). The first-order valence-electron chi connectivity index (χ1n) is 6.83. The van der Waals surface area contributed by atoms with Gasteiger partial charge in [-0.3, -0.25) is 4.99 Å². The first-order chi connectivity index (χ1) is 10.3. The van der Waals surface area contributed by atoms with Gasteiger partial charge in [0.2, 0.25) is 0 Å². The number of rotatable bonds is 2. The summed E-state index contributed by atoms with van der Waals surface area (Å²) in [5.41, 5.74) is 3.76. The zero-order chi connectivity index (χ0) is 14.7. The molecule has 0 spiro atoms. The molecule has 1 aliphatic heterocycles. The molecular weight excluding hydrogens is 258 g/mol. The van der Waals surface area contributed by atoms with Crippen LogP contribution >= 0.6 is 0 Å². The van der Waals surface area contributed by atoms with E-state index in [9.17, 15) is 5.26 Å². The lowest BCUT2D eigenvalue weighted by atomic mass is 9.89. The number of hydrogen-bond donors (Lipinski definition) is 0. The molecular formula is C18H13N3. The zero-order valence-corrected chi connectivity index (χ0v) is 11.4. The van der Waals surface area contributed by atoms with Crippen molar-refractivity contribution in [3.8, 4) is 12.1 Å². The second-order valence-corrected chi connectivity index (χ2v) is 5.06. The topological polar surface area (TPSA) is 59.9 Å². The van der Waals surface area contributed by atoms with Gasteiger partial charge < -0.3 is 0 Å². The van der Waals surface area contributed by atoms with Crippen LogP contribution in [0, 0.1) is 22.7 Å². The van der Waals surface area contributed by atoms with Gasteiger partial charge in [0, 0.05) is 11.6 Å². The number of nitriles is 2. The van der Waals surface area contributed by atoms with Crippen molar-refractivity contribution in [2.24, 2.45) is 4.99 Å². The minimum Gasteiger partial charge on any atom is -0.270 e. The fourth-order valence-electron chi connectivity index (χ4n) is 2.68. The largest absolute Gasteiger partial charge is 0.270 e. The molecule has 0 N–H and O–H groups in total. The molecule has 0 saturated carbocycles. The summed E-state index contributed by atoms with van der Waals surface area (Å²) in [5.74, 6) is 0.0675. The Labute approximate surface area is 123 Å². The normalized spacial score (nSPS) is 20.4. The van der Waals surface area contributed by atoms with E-state index in [0.717, 1.165) is 23.3 Å². The monoisotopic (exact) mass is 271 g/mol. The van der Waals surface area contributed by atoms with Gasteiger partial charge in [0.15, 0.2) is 0 Å². The van der Waals surface area contributed by atoms with E-state index >= 15 is 0 Å². The van der Waals surface area contributed by atoms with E-state index in [2.05, 4.69) is 17.1 Å². The van der Waals surface area contributed by atoms with E-state index < -0.39 is 0 Å². The maximum atomic E-state index is 9.35. The molecule has 21 heavy (non-hydrogen) atoms. The maximum Gasteiger partial charge on any atom is 0.144 e. The van der Waals surface area contributed by atoms with E-state index in [-0.39, 0.29) is 12.0 Å². The molecule has 0 aliphatic carbocycles. The lowest BCUT2D eigenvalue weighted by molar-refractivity contribution is 0.687. The van der Waals surface area contributed by atoms with Crippen LogP contribution in [0.5, 0.6) is 0 Å². The Balaban J connectivity index is 1.89. The molecule has 3 heteroatoms. The van der Waals surface area contributed by atoms with Crippen molar-refractivity contribution in [1.82, 2.24) is 0 Å². The van der Waals surface area contributed by atoms with Crippen LogP contribution in [0.4, 0.5) is 0 Å². The summed E-state index contributed by atoms with van der Waals surface area (Å²) in [6, 6.07) is 21.5. The lowest BCUT2D eigenvalue weighted by Gasteiger charge is -2.12. The molecule has 1 aliphatic rings. The Morgan fingerprint density at radius 3 is 2.29 bits per heavy atom. The SMILES string of the molecule is N#Cc1ccc([C@H]2CC(c3ccccc3)=N[C@@H]2C#N)cc1. The lowest BCUT2D eigenvalue weighted by Crippen LogP contribution is -2.10. The van der Waals surface area contributed by atoms with Crippen molar-refractivity contribution >= 4 is 5.71 Å². The Hall–Kier alpha value is -2.91. The van der Waals surface area contributed by atoms with Crippen LogP contribution in [-0.4, -0.2) is 11.8 Å². The Morgan fingerprint density at radius 1 is 0.952 bits per heavy atom. The predicted molar refractivity (Wildman–Crippen MR) is 80.9 cm³/mol. The van der Waals surface area contributed by atoms with Gasteiger partial charge in [-0.25, -0.2) is 0 Å². The van der Waals surface area contributed by atoms with E-state index in [1.54, 1.807) is 12.1 Å². The van der Waals surface area contributed by atoms with Gasteiger partial charge in [-0.05, 0) is 29.7 Å². The molecule has 2 aromatic carbocycles. The molecule has 100 valence electrons. The smallest absolute Gasteiger partial charge is 0.144 e. The van der Waals surface area contributed by atoms with Crippen molar-refractivity contribution in [3.05, 3.63) is 71.3 Å². The second-order valence-electron chi connectivity index (χ2n) is 5.06. The summed E-state index contributed by atoms with van der Waals surface area (Å²) in [5, 5.41) is 18.2. The van der Waals surface area contributed by atoms with Crippen molar-refractivity contribution in [3.63, 3.8) is 0 Å². The van der Waals surface area contributed by atoms with Crippen molar-refractivity contribution < 1.29 is 0 Å². The molecule has 0 fully saturated rings. The minimum absolute atomic E-state index is 0.0675. The maximum absolute atomic E-state index is 9.35. The van der Waals surface area contributed by atoms with Gasteiger partial charge in [0.1, 0.15) is 6.04 Å². The summed E-state index contributed by atoms with van der Waals surface area (Å²) in [6.07, 6.45) is 0.758. The standard InChI is InChI=1S/C18H13N3/c19-11-13-6-8-14(9-7-13)16-10-17(21-18(16)12-20)15-4-2-1-3-5-15/h1-9,16,18H,10H2/t16-,18-/m1/s1. The van der Waals surface area contributed by atoms with Gasteiger partial charge in [0.05, 0.1) is 17.7 Å². The van der Waals surface area contributed by atoms with Crippen LogP contribution in [0.15, 0.2) is 59.6 Å². The highest BCUT2D eigenvalue weighted by atomic mass is 14.8. The summed E-state index contributed by atoms with van der Waals surface area (Å²) in [6.45, 7) is 0. The predicted octanol–water partition coefficient (Wildman–Crippen LogP) is 3.43. The van der Waals surface area contributed by atoms with Gasteiger partial charge in [-0.15, -0.1) is 0 Å². The third kappa shape index (κ3) is 2.55. The molecule has 0 unspecified atom stereocenters. The van der Waals surface area contributed by atoms with Crippen molar-refractivity contribution in [1.29, 1.82) is 10.5 Å². The van der Waals surface area contributed by atoms with Crippen molar-refractivity contribution in [2.75, 3.05) is 0 Å². The number of nitrogens with zero attached hydrogens (tertiary/aromatic N) is 3. The highest BCUT2D eigenvalue weighted by Gasteiger charge is 2.30. The van der Waals surface area contributed by atoms with E-state index in [0.29, 0.717) is 5.56 Å². The Kier molecular flexibility index (Phi) is 3.50. The van der Waals surface area contributed by atoms with E-state index in [1.165, 1.54) is 0 Å². The van der Waals surface area contributed by atoms with Crippen LogP contribution in [-0.2, 0) is 0 Å². The molecule has 2 atom stereocenters. The third-order valence-corrected chi connectivity index (χ3v) is 3.80. The average Bonchev–Trinajstić information content (AvgIpc) is 3.00. The number of benzene rings is 2. The van der Waals surface area contributed by atoms with Crippen LogP contribution in [0.2, 0.25) is 0 Å². The van der Waals surface area contributed by atoms with Crippen LogP contribution in [0.25, 0.3) is 0 Å². The quantitative estimate of drug-likeness (QED) is 0.840. The molecule has 0 bridgehead atoms. The molecule has 0 amide bonds. The summed E-state index contributed by atoms with van der Waals surface area (Å²) >= 11 is 0. The molecule has 0 aromatic heterocycles. The molecule has 1 heterocycles. The first kappa shape index (κ1) is 13.1. The van der Waals surface area contributed by atoms with Gasteiger partial charge in [-0.2, -0.15) is 10.5 Å². The average molecular weight is 271 g/mol. The minimum atomic E-state index is -0.354. The molecule has 0 saturated heterocycles. The van der Waals surface area contributed by atoms with E-state index in [1.807, 2.05) is 42.5 Å². The molecule has 0 radical (unpaired) electrons. The van der Waals surface area contributed by atoms with Gasteiger partial charge in [-0.1, -0.05) is 42.5 Å². The second kappa shape index (κ2) is 5.61. The number of hydrogen-bond acceptors (Lipinski definition) is 3. The Morgan fingerprint density at radius 2 is 1.67 bits per heavy atom. The summed E-state index contributed by atoms with van der Waals surface area (Å²) in [7, 11) is 0.